The number of carboxylic acids is 1. The van der Waals surface area contributed by atoms with Gasteiger partial charge in [0, 0.05) is 10.8 Å². The van der Waals surface area contributed by atoms with Crippen molar-refractivity contribution in [3.63, 3.8) is 0 Å². The number of aliphatic hydroxyl groups is 1. The Bertz CT molecular complexity index is 459. The van der Waals surface area contributed by atoms with Gasteiger partial charge in [0.25, 0.3) is 0 Å². The summed E-state index contributed by atoms with van der Waals surface area (Å²) in [5.41, 5.74) is 1.73. The Morgan fingerprint density at radius 1 is 1.39 bits per heavy atom. The van der Waals surface area contributed by atoms with Crippen molar-refractivity contribution in [3.05, 3.63) is 35.4 Å². The standard InChI is InChI=1S/C15H20O3/c1-14(2,9-13(17)18)11-4-3-5-12(8-11)15(10-16)6-7-15/h3-5,8,16H,6-7,9-10H2,1-2H3,(H,17,18). The molecule has 1 aliphatic carbocycles. The highest BCUT2D eigenvalue weighted by Crippen LogP contribution is 2.48. The molecule has 0 spiro atoms. The average molecular weight is 248 g/mol. The molecule has 0 unspecified atom stereocenters. The third kappa shape index (κ3) is 2.41. The van der Waals surface area contributed by atoms with Gasteiger partial charge in [-0.05, 0) is 24.0 Å². The van der Waals surface area contributed by atoms with Crippen molar-refractivity contribution in [1.82, 2.24) is 0 Å². The maximum Gasteiger partial charge on any atom is 0.304 e. The molecule has 1 aromatic carbocycles. The molecule has 0 bridgehead atoms. The SMILES string of the molecule is CC(C)(CC(=O)O)c1cccc(C2(CO)CC2)c1. The van der Waals surface area contributed by atoms with Crippen LogP contribution in [0.2, 0.25) is 0 Å². The van der Waals surface area contributed by atoms with E-state index >= 15 is 0 Å². The molecule has 0 saturated heterocycles. The lowest BCUT2D eigenvalue weighted by molar-refractivity contribution is -0.138. The van der Waals surface area contributed by atoms with Crippen molar-refractivity contribution in [3.8, 4) is 0 Å². The van der Waals surface area contributed by atoms with E-state index in [0.717, 1.165) is 24.0 Å². The lowest BCUT2D eigenvalue weighted by Gasteiger charge is -2.25. The topological polar surface area (TPSA) is 57.5 Å². The van der Waals surface area contributed by atoms with Gasteiger partial charge >= 0.3 is 5.97 Å². The van der Waals surface area contributed by atoms with Gasteiger partial charge in [-0.2, -0.15) is 0 Å². The van der Waals surface area contributed by atoms with Crippen molar-refractivity contribution < 1.29 is 15.0 Å². The molecule has 1 aromatic rings. The van der Waals surface area contributed by atoms with Crippen LogP contribution in [0.25, 0.3) is 0 Å². The lowest BCUT2D eigenvalue weighted by Crippen LogP contribution is -2.22. The Morgan fingerprint density at radius 3 is 2.56 bits per heavy atom. The van der Waals surface area contributed by atoms with Gasteiger partial charge in [0.15, 0.2) is 0 Å². The molecule has 2 rings (SSSR count). The second kappa shape index (κ2) is 4.39. The highest BCUT2D eigenvalue weighted by Gasteiger charge is 2.44. The van der Waals surface area contributed by atoms with E-state index in [1.54, 1.807) is 0 Å². The Kier molecular flexibility index (Phi) is 3.20. The van der Waals surface area contributed by atoms with E-state index in [0.29, 0.717) is 0 Å². The quantitative estimate of drug-likeness (QED) is 0.841. The zero-order valence-electron chi connectivity index (χ0n) is 10.9. The largest absolute Gasteiger partial charge is 0.481 e. The molecule has 2 N–H and O–H groups in total. The zero-order valence-corrected chi connectivity index (χ0v) is 10.9. The van der Waals surface area contributed by atoms with E-state index in [-0.39, 0.29) is 23.9 Å². The monoisotopic (exact) mass is 248 g/mol. The highest BCUT2D eigenvalue weighted by molar-refractivity contribution is 5.69. The van der Waals surface area contributed by atoms with E-state index in [9.17, 15) is 9.90 Å². The summed E-state index contributed by atoms with van der Waals surface area (Å²) in [7, 11) is 0. The number of aliphatic hydroxyl groups excluding tert-OH is 1. The first-order valence-electron chi connectivity index (χ1n) is 6.33. The number of carbonyl (C=O) groups is 1. The van der Waals surface area contributed by atoms with Gasteiger partial charge in [-0.25, -0.2) is 0 Å². The number of aliphatic carboxylic acids is 1. The van der Waals surface area contributed by atoms with Crippen LogP contribution < -0.4 is 0 Å². The predicted molar refractivity (Wildman–Crippen MR) is 69.7 cm³/mol. The highest BCUT2D eigenvalue weighted by atomic mass is 16.4. The van der Waals surface area contributed by atoms with Crippen molar-refractivity contribution in [1.29, 1.82) is 0 Å². The molecule has 3 heteroatoms. The molecular formula is C15H20O3. The van der Waals surface area contributed by atoms with Crippen molar-refractivity contribution in [2.75, 3.05) is 6.61 Å². The average Bonchev–Trinajstić information content (AvgIpc) is 3.08. The van der Waals surface area contributed by atoms with Crippen LogP contribution in [0.15, 0.2) is 24.3 Å². The molecule has 98 valence electrons. The minimum atomic E-state index is -0.784. The fourth-order valence-corrected chi connectivity index (χ4v) is 2.44. The van der Waals surface area contributed by atoms with Gasteiger partial charge in [0.2, 0.25) is 0 Å². The summed E-state index contributed by atoms with van der Waals surface area (Å²) < 4.78 is 0. The maximum atomic E-state index is 10.9. The minimum Gasteiger partial charge on any atom is -0.481 e. The van der Waals surface area contributed by atoms with Crippen LogP contribution in [0.3, 0.4) is 0 Å². The summed E-state index contributed by atoms with van der Waals surface area (Å²) in [6.07, 6.45) is 2.15. The summed E-state index contributed by atoms with van der Waals surface area (Å²) >= 11 is 0. The van der Waals surface area contributed by atoms with Gasteiger partial charge < -0.3 is 10.2 Å². The number of carboxylic acid groups (broad SMARTS) is 1. The second-order valence-electron chi connectivity index (χ2n) is 5.97. The molecule has 0 atom stereocenters. The Hall–Kier alpha value is -1.35. The normalized spacial score (nSPS) is 17.5. The number of benzene rings is 1. The van der Waals surface area contributed by atoms with Gasteiger partial charge in [-0.1, -0.05) is 38.1 Å². The number of rotatable bonds is 5. The molecule has 3 nitrogen and oxygen atoms in total. The van der Waals surface area contributed by atoms with Gasteiger partial charge in [-0.3, -0.25) is 4.79 Å². The predicted octanol–water partition coefficient (Wildman–Crippen LogP) is 2.46. The molecule has 0 heterocycles. The Morgan fingerprint density at radius 2 is 2.06 bits per heavy atom. The number of hydrogen-bond donors (Lipinski definition) is 2. The van der Waals surface area contributed by atoms with Crippen LogP contribution in [-0.2, 0) is 15.6 Å². The Labute approximate surface area is 107 Å². The van der Waals surface area contributed by atoms with Crippen LogP contribution >= 0.6 is 0 Å². The third-order valence-corrected chi connectivity index (χ3v) is 4.01. The van der Waals surface area contributed by atoms with E-state index in [1.807, 2.05) is 32.0 Å². The maximum absolute atomic E-state index is 10.9. The summed E-state index contributed by atoms with van der Waals surface area (Å²) in [5, 5.41) is 18.4. The molecule has 0 radical (unpaired) electrons. The fourth-order valence-electron chi connectivity index (χ4n) is 2.44. The number of hydrogen-bond acceptors (Lipinski definition) is 2. The van der Waals surface area contributed by atoms with Crippen molar-refractivity contribution in [2.24, 2.45) is 0 Å². The van der Waals surface area contributed by atoms with E-state index < -0.39 is 5.97 Å². The summed E-state index contributed by atoms with van der Waals surface area (Å²) in [6.45, 7) is 4.06. The minimum absolute atomic E-state index is 0.0602. The Balaban J connectivity index is 2.30. The zero-order chi connectivity index (χ0) is 13.4. The lowest BCUT2D eigenvalue weighted by atomic mass is 9.79. The van der Waals surface area contributed by atoms with E-state index in [2.05, 4.69) is 6.07 Å². The van der Waals surface area contributed by atoms with Crippen LogP contribution in [0, 0.1) is 0 Å². The van der Waals surface area contributed by atoms with Gasteiger partial charge in [0.1, 0.15) is 0 Å². The molecule has 1 fully saturated rings. The molecule has 0 amide bonds. The molecule has 0 aliphatic heterocycles. The second-order valence-corrected chi connectivity index (χ2v) is 5.97. The van der Waals surface area contributed by atoms with Crippen molar-refractivity contribution in [2.45, 2.75) is 43.9 Å². The first kappa shape index (κ1) is 13.1. The molecule has 18 heavy (non-hydrogen) atoms. The van der Waals surface area contributed by atoms with Crippen LogP contribution in [-0.4, -0.2) is 22.8 Å². The summed E-state index contributed by atoms with van der Waals surface area (Å²) in [5.74, 6) is -0.784. The molecular weight excluding hydrogens is 228 g/mol. The van der Waals surface area contributed by atoms with E-state index in [1.165, 1.54) is 0 Å². The van der Waals surface area contributed by atoms with Crippen LogP contribution in [0.1, 0.15) is 44.2 Å². The van der Waals surface area contributed by atoms with Crippen molar-refractivity contribution >= 4 is 5.97 Å². The summed E-state index contributed by atoms with van der Waals surface area (Å²) in [4.78, 5) is 10.9. The molecule has 1 saturated carbocycles. The fraction of sp³-hybridized carbons (Fsp3) is 0.533. The van der Waals surface area contributed by atoms with E-state index in [4.69, 9.17) is 5.11 Å². The molecule has 1 aliphatic rings. The first-order chi connectivity index (χ1) is 8.39. The smallest absolute Gasteiger partial charge is 0.304 e. The molecule has 0 aromatic heterocycles. The van der Waals surface area contributed by atoms with Gasteiger partial charge in [-0.15, -0.1) is 0 Å². The van der Waals surface area contributed by atoms with Gasteiger partial charge in [0.05, 0.1) is 13.0 Å². The first-order valence-corrected chi connectivity index (χ1v) is 6.33. The third-order valence-electron chi connectivity index (χ3n) is 4.01. The summed E-state index contributed by atoms with van der Waals surface area (Å²) in [6, 6.07) is 8.03. The van der Waals surface area contributed by atoms with Crippen LogP contribution in [0.4, 0.5) is 0 Å². The van der Waals surface area contributed by atoms with Crippen LogP contribution in [0.5, 0.6) is 0 Å².